The number of carboxylic acid groups (broad SMARTS) is 1. The van der Waals surface area contributed by atoms with E-state index in [-0.39, 0.29) is 5.56 Å². The molecule has 18 heavy (non-hydrogen) atoms. The maximum absolute atomic E-state index is 10.8. The van der Waals surface area contributed by atoms with Crippen LogP contribution in [-0.4, -0.2) is 17.3 Å². The molecule has 0 aliphatic rings. The zero-order valence-electron chi connectivity index (χ0n) is 9.48. The van der Waals surface area contributed by atoms with Crippen molar-refractivity contribution in [2.75, 3.05) is 0 Å². The van der Waals surface area contributed by atoms with Crippen molar-refractivity contribution in [2.24, 2.45) is 5.16 Å². The van der Waals surface area contributed by atoms with Crippen molar-refractivity contribution in [3.05, 3.63) is 65.7 Å². The predicted octanol–water partition coefficient (Wildman–Crippen LogP) is 2.80. The summed E-state index contributed by atoms with van der Waals surface area (Å²) < 4.78 is 0. The van der Waals surface area contributed by atoms with Crippen LogP contribution in [0, 0.1) is 0 Å². The fourth-order valence-electron chi connectivity index (χ4n) is 1.37. The van der Waals surface area contributed by atoms with Crippen LogP contribution in [0.2, 0.25) is 0 Å². The van der Waals surface area contributed by atoms with Crippen LogP contribution in [0.5, 0.6) is 5.75 Å². The number of rotatable bonds is 4. The number of hydrogen-bond donors (Lipinski definition) is 1. The van der Waals surface area contributed by atoms with E-state index >= 15 is 0 Å². The van der Waals surface area contributed by atoms with Gasteiger partial charge in [-0.3, -0.25) is 0 Å². The molecular weight excluding hydrogens is 230 g/mol. The van der Waals surface area contributed by atoms with Gasteiger partial charge < -0.3 is 9.94 Å². The molecule has 0 bridgehead atoms. The molecule has 0 atom stereocenters. The van der Waals surface area contributed by atoms with Gasteiger partial charge in [0.25, 0.3) is 0 Å². The van der Waals surface area contributed by atoms with E-state index in [1.807, 2.05) is 30.3 Å². The summed E-state index contributed by atoms with van der Waals surface area (Å²) in [4.78, 5) is 15.9. The van der Waals surface area contributed by atoms with E-state index in [1.165, 1.54) is 12.1 Å². The first kappa shape index (κ1) is 11.9. The van der Waals surface area contributed by atoms with Gasteiger partial charge in [0.2, 0.25) is 0 Å². The molecule has 0 aliphatic heterocycles. The van der Waals surface area contributed by atoms with E-state index in [1.54, 1.807) is 18.3 Å². The minimum Gasteiger partial charge on any atom is -0.478 e. The van der Waals surface area contributed by atoms with Crippen LogP contribution in [0.1, 0.15) is 15.9 Å². The molecule has 2 aromatic rings. The first-order chi connectivity index (χ1) is 8.75. The number of aromatic carboxylic acids is 1. The minimum atomic E-state index is -0.993. The van der Waals surface area contributed by atoms with E-state index in [0.717, 1.165) is 5.56 Å². The quantitative estimate of drug-likeness (QED) is 0.661. The van der Waals surface area contributed by atoms with Gasteiger partial charge in [0.1, 0.15) is 0 Å². The van der Waals surface area contributed by atoms with Gasteiger partial charge in [0.15, 0.2) is 5.75 Å². The highest BCUT2D eigenvalue weighted by molar-refractivity contribution is 5.88. The van der Waals surface area contributed by atoms with Crippen molar-refractivity contribution >= 4 is 12.2 Å². The van der Waals surface area contributed by atoms with Gasteiger partial charge >= 0.3 is 5.97 Å². The van der Waals surface area contributed by atoms with Crippen LogP contribution in [0.3, 0.4) is 0 Å². The molecule has 0 aromatic heterocycles. The van der Waals surface area contributed by atoms with E-state index in [2.05, 4.69) is 5.16 Å². The fourth-order valence-corrected chi connectivity index (χ4v) is 1.37. The molecule has 2 aromatic carbocycles. The lowest BCUT2D eigenvalue weighted by molar-refractivity contribution is 0.0696. The van der Waals surface area contributed by atoms with Crippen LogP contribution < -0.4 is 4.84 Å². The summed E-state index contributed by atoms with van der Waals surface area (Å²) in [7, 11) is 0. The van der Waals surface area contributed by atoms with Crippen LogP contribution in [0.15, 0.2) is 59.8 Å². The smallest absolute Gasteiger partial charge is 0.335 e. The highest BCUT2D eigenvalue weighted by Gasteiger charge is 2.03. The van der Waals surface area contributed by atoms with Crippen molar-refractivity contribution in [3.63, 3.8) is 0 Å². The van der Waals surface area contributed by atoms with Crippen LogP contribution in [0.4, 0.5) is 0 Å². The Morgan fingerprint density at radius 1 is 1.11 bits per heavy atom. The molecular formula is C14H11NO3. The summed E-state index contributed by atoms with van der Waals surface area (Å²) in [5, 5.41) is 12.6. The molecule has 0 aliphatic carbocycles. The average molecular weight is 241 g/mol. The van der Waals surface area contributed by atoms with Crippen molar-refractivity contribution in [1.82, 2.24) is 0 Å². The summed E-state index contributed by atoms with van der Waals surface area (Å²) in [6, 6.07) is 15.7. The minimum absolute atomic E-state index is 0.169. The van der Waals surface area contributed by atoms with E-state index in [4.69, 9.17) is 9.94 Å². The van der Waals surface area contributed by atoms with Gasteiger partial charge in [-0.2, -0.15) is 0 Å². The average Bonchev–Trinajstić information content (AvgIpc) is 2.40. The number of carbonyl (C=O) groups is 1. The number of hydrogen-bond acceptors (Lipinski definition) is 3. The van der Waals surface area contributed by atoms with Crippen molar-refractivity contribution in [2.45, 2.75) is 0 Å². The van der Waals surface area contributed by atoms with Gasteiger partial charge in [-0.15, -0.1) is 0 Å². The summed E-state index contributed by atoms with van der Waals surface area (Å²) in [5.74, 6) is -0.602. The SMILES string of the molecule is O=C(O)c1cccc(ON=Cc2ccccc2)c1. The third-order valence-corrected chi connectivity index (χ3v) is 2.24. The number of nitrogens with zero attached hydrogens (tertiary/aromatic N) is 1. The molecule has 1 N–H and O–H groups in total. The van der Waals surface area contributed by atoms with Gasteiger partial charge in [0.05, 0.1) is 11.8 Å². The number of carboxylic acids is 1. The zero-order chi connectivity index (χ0) is 12.8. The third-order valence-electron chi connectivity index (χ3n) is 2.24. The Balaban J connectivity index is 2.04. The molecule has 2 rings (SSSR count). The molecule has 0 spiro atoms. The van der Waals surface area contributed by atoms with Crippen molar-refractivity contribution in [3.8, 4) is 5.75 Å². The van der Waals surface area contributed by atoms with Gasteiger partial charge in [-0.25, -0.2) is 4.79 Å². The number of benzene rings is 2. The summed E-state index contributed by atoms with van der Waals surface area (Å²) in [6.45, 7) is 0. The summed E-state index contributed by atoms with van der Waals surface area (Å²) in [6.07, 6.45) is 1.56. The predicted molar refractivity (Wildman–Crippen MR) is 68.1 cm³/mol. The lowest BCUT2D eigenvalue weighted by Crippen LogP contribution is -1.96. The normalized spacial score (nSPS) is 10.4. The van der Waals surface area contributed by atoms with E-state index in [9.17, 15) is 4.79 Å². The van der Waals surface area contributed by atoms with Crippen LogP contribution >= 0.6 is 0 Å². The first-order valence-electron chi connectivity index (χ1n) is 5.34. The maximum atomic E-state index is 10.8. The van der Waals surface area contributed by atoms with Gasteiger partial charge in [0, 0.05) is 0 Å². The van der Waals surface area contributed by atoms with Crippen molar-refractivity contribution < 1.29 is 14.7 Å². The molecule has 0 amide bonds. The van der Waals surface area contributed by atoms with Crippen molar-refractivity contribution in [1.29, 1.82) is 0 Å². The Hall–Kier alpha value is -2.62. The second-order valence-electron chi connectivity index (χ2n) is 3.57. The Bertz CT molecular complexity index is 564. The second kappa shape index (κ2) is 5.63. The Kier molecular flexibility index (Phi) is 3.71. The lowest BCUT2D eigenvalue weighted by Gasteiger charge is -1.99. The molecule has 0 unspecified atom stereocenters. The molecule has 0 fully saturated rings. The summed E-state index contributed by atoms with van der Waals surface area (Å²) >= 11 is 0. The molecule has 0 heterocycles. The fraction of sp³-hybridized carbons (Fsp3) is 0. The summed E-state index contributed by atoms with van der Waals surface area (Å²) in [5.41, 5.74) is 1.08. The Morgan fingerprint density at radius 2 is 1.89 bits per heavy atom. The monoisotopic (exact) mass is 241 g/mol. The Labute approximate surface area is 104 Å². The maximum Gasteiger partial charge on any atom is 0.335 e. The number of oxime groups is 1. The highest BCUT2D eigenvalue weighted by atomic mass is 16.6. The molecule has 4 nitrogen and oxygen atoms in total. The topological polar surface area (TPSA) is 58.9 Å². The van der Waals surface area contributed by atoms with Gasteiger partial charge in [-0.05, 0) is 23.8 Å². The standard InChI is InChI=1S/C14H11NO3/c16-14(17)12-7-4-8-13(9-12)18-15-10-11-5-2-1-3-6-11/h1-10H,(H,16,17). The first-order valence-corrected chi connectivity index (χ1v) is 5.34. The molecule has 90 valence electrons. The second-order valence-corrected chi connectivity index (χ2v) is 3.57. The van der Waals surface area contributed by atoms with E-state index in [0.29, 0.717) is 5.75 Å². The van der Waals surface area contributed by atoms with Crippen LogP contribution in [0.25, 0.3) is 0 Å². The Morgan fingerprint density at radius 3 is 2.61 bits per heavy atom. The molecule has 4 heteroatoms. The zero-order valence-corrected chi connectivity index (χ0v) is 9.48. The molecule has 0 saturated heterocycles. The molecule has 0 saturated carbocycles. The molecule has 0 radical (unpaired) electrons. The lowest BCUT2D eigenvalue weighted by atomic mass is 10.2. The largest absolute Gasteiger partial charge is 0.478 e. The van der Waals surface area contributed by atoms with E-state index < -0.39 is 5.97 Å². The van der Waals surface area contributed by atoms with Gasteiger partial charge in [-0.1, -0.05) is 41.6 Å². The third kappa shape index (κ3) is 3.18. The highest BCUT2D eigenvalue weighted by Crippen LogP contribution is 2.13. The van der Waals surface area contributed by atoms with Crippen LogP contribution in [-0.2, 0) is 0 Å².